The number of ether oxygens (including phenoxy) is 1. The summed E-state index contributed by atoms with van der Waals surface area (Å²) >= 11 is 0. The number of sulfonamides is 1. The Balaban J connectivity index is 2.28. The van der Waals surface area contributed by atoms with Gasteiger partial charge in [-0.1, -0.05) is 0 Å². The first-order valence-electron chi connectivity index (χ1n) is 6.36. The second-order valence-corrected chi connectivity index (χ2v) is 6.68. The molecule has 0 aliphatic carbocycles. The lowest BCUT2D eigenvalue weighted by atomic mass is 10.1. The molecule has 0 atom stereocenters. The Morgan fingerprint density at radius 1 is 1.38 bits per heavy atom. The maximum atomic E-state index is 12.4. The van der Waals surface area contributed by atoms with E-state index in [1.807, 2.05) is 0 Å². The number of nitro benzene ring substituents is 1. The van der Waals surface area contributed by atoms with Gasteiger partial charge >= 0.3 is 5.69 Å². The molecular weight excluding hydrogens is 300 g/mol. The summed E-state index contributed by atoms with van der Waals surface area (Å²) in [6.45, 7) is 0.602. The maximum absolute atomic E-state index is 12.4. The highest BCUT2D eigenvalue weighted by molar-refractivity contribution is 7.89. The number of hydrogen-bond donors (Lipinski definition) is 1. The van der Waals surface area contributed by atoms with E-state index in [1.165, 1.54) is 10.4 Å². The van der Waals surface area contributed by atoms with Crippen molar-refractivity contribution < 1.29 is 23.2 Å². The fraction of sp³-hybridized carbons (Fsp3) is 0.500. The third-order valence-electron chi connectivity index (χ3n) is 3.52. The van der Waals surface area contributed by atoms with Gasteiger partial charge in [0.05, 0.1) is 15.9 Å². The zero-order valence-corrected chi connectivity index (χ0v) is 12.2. The molecule has 1 fully saturated rings. The smallest absolute Gasteiger partial charge is 0.312 e. The maximum Gasteiger partial charge on any atom is 0.312 e. The van der Waals surface area contributed by atoms with Gasteiger partial charge in [-0.05, 0) is 25.0 Å². The van der Waals surface area contributed by atoms with Crippen LogP contribution in [-0.4, -0.2) is 49.1 Å². The van der Waals surface area contributed by atoms with Crippen molar-refractivity contribution in [1.29, 1.82) is 0 Å². The zero-order chi connectivity index (χ0) is 15.6. The molecule has 0 radical (unpaired) electrons. The van der Waals surface area contributed by atoms with Gasteiger partial charge in [-0.15, -0.1) is 0 Å². The summed E-state index contributed by atoms with van der Waals surface area (Å²) in [6.07, 6.45) is 1.19. The quantitative estimate of drug-likeness (QED) is 0.658. The van der Waals surface area contributed by atoms with E-state index in [4.69, 9.17) is 4.74 Å². The van der Waals surface area contributed by atoms with E-state index in [0.717, 1.165) is 12.1 Å². The summed E-state index contributed by atoms with van der Waals surface area (Å²) in [6, 6.07) is 3.07. The van der Waals surface area contributed by atoms with Crippen LogP contribution >= 0.6 is 0 Å². The second-order valence-electron chi connectivity index (χ2n) is 4.75. The third-order valence-corrected chi connectivity index (χ3v) is 5.41. The highest BCUT2D eigenvalue weighted by Gasteiger charge is 2.31. The molecule has 0 saturated carbocycles. The van der Waals surface area contributed by atoms with Gasteiger partial charge < -0.3 is 9.84 Å². The van der Waals surface area contributed by atoms with Crippen molar-refractivity contribution in [2.75, 3.05) is 20.2 Å². The minimum absolute atomic E-state index is 0.0330. The van der Waals surface area contributed by atoms with E-state index in [-0.39, 0.29) is 11.0 Å². The fourth-order valence-corrected chi connectivity index (χ4v) is 3.76. The Hall–Kier alpha value is -1.71. The van der Waals surface area contributed by atoms with Crippen molar-refractivity contribution in [2.45, 2.75) is 23.8 Å². The standard InChI is InChI=1S/C12H16N2O6S/c1-20-9-4-6-13(7-5-9)21(18,19)10-2-3-12(15)11(8-10)14(16)17/h2-3,8-9,15H,4-7H2,1H3. The predicted octanol–water partition coefficient (Wildman–Crippen LogP) is 1.10. The average molecular weight is 316 g/mol. The molecule has 0 aromatic heterocycles. The van der Waals surface area contributed by atoms with E-state index >= 15 is 0 Å². The number of phenols is 1. The average Bonchev–Trinajstić information content (AvgIpc) is 2.47. The van der Waals surface area contributed by atoms with Gasteiger partial charge in [0.2, 0.25) is 10.0 Å². The molecule has 1 aromatic rings. The van der Waals surface area contributed by atoms with Crippen molar-refractivity contribution >= 4 is 15.7 Å². The Kier molecular flexibility index (Phi) is 4.45. The summed E-state index contributed by atoms with van der Waals surface area (Å²) in [5.74, 6) is -0.558. The lowest BCUT2D eigenvalue weighted by molar-refractivity contribution is -0.386. The first-order chi connectivity index (χ1) is 9.86. The van der Waals surface area contributed by atoms with Crippen LogP contribution in [0.3, 0.4) is 0 Å². The largest absolute Gasteiger partial charge is 0.502 e. The monoisotopic (exact) mass is 316 g/mol. The van der Waals surface area contributed by atoms with Crippen LogP contribution in [0.25, 0.3) is 0 Å². The minimum Gasteiger partial charge on any atom is -0.502 e. The van der Waals surface area contributed by atoms with Crippen LogP contribution in [-0.2, 0) is 14.8 Å². The van der Waals surface area contributed by atoms with Crippen LogP contribution in [0.5, 0.6) is 5.75 Å². The molecule has 116 valence electrons. The number of nitrogens with zero attached hydrogens (tertiary/aromatic N) is 2. The second kappa shape index (κ2) is 5.96. The molecule has 8 nitrogen and oxygen atoms in total. The summed E-state index contributed by atoms with van der Waals surface area (Å²) in [4.78, 5) is 9.77. The molecule has 1 saturated heterocycles. The molecule has 1 heterocycles. The SMILES string of the molecule is COC1CCN(S(=O)(=O)c2ccc(O)c([N+](=O)[O-])c2)CC1. The fourth-order valence-electron chi connectivity index (χ4n) is 2.27. The Labute approximate surface area is 122 Å². The number of phenolic OH excluding ortho intramolecular Hbond substituents is 1. The molecule has 0 spiro atoms. The van der Waals surface area contributed by atoms with Crippen LogP contribution in [0.1, 0.15) is 12.8 Å². The van der Waals surface area contributed by atoms with Crippen molar-refractivity contribution in [1.82, 2.24) is 4.31 Å². The van der Waals surface area contributed by atoms with E-state index < -0.39 is 26.4 Å². The predicted molar refractivity (Wildman–Crippen MR) is 73.6 cm³/mol. The Morgan fingerprint density at radius 2 is 2.00 bits per heavy atom. The molecule has 21 heavy (non-hydrogen) atoms. The molecule has 0 unspecified atom stereocenters. The highest BCUT2D eigenvalue weighted by Crippen LogP contribution is 2.30. The van der Waals surface area contributed by atoms with E-state index in [2.05, 4.69) is 0 Å². The first-order valence-corrected chi connectivity index (χ1v) is 7.80. The van der Waals surface area contributed by atoms with Crippen molar-refractivity contribution in [2.24, 2.45) is 0 Å². The summed E-state index contributed by atoms with van der Waals surface area (Å²) in [7, 11) is -2.22. The molecular formula is C12H16N2O6S. The van der Waals surface area contributed by atoms with Crippen LogP contribution < -0.4 is 0 Å². The molecule has 2 rings (SSSR count). The van der Waals surface area contributed by atoms with Gasteiger partial charge in [-0.2, -0.15) is 4.31 Å². The van der Waals surface area contributed by atoms with Crippen molar-refractivity contribution in [3.63, 3.8) is 0 Å². The van der Waals surface area contributed by atoms with Crippen molar-refractivity contribution in [3.8, 4) is 5.75 Å². The number of benzene rings is 1. The number of methoxy groups -OCH3 is 1. The summed E-state index contributed by atoms with van der Waals surface area (Å²) < 4.78 is 31.4. The highest BCUT2D eigenvalue weighted by atomic mass is 32.2. The lowest BCUT2D eigenvalue weighted by Gasteiger charge is -2.30. The molecule has 0 amide bonds. The third kappa shape index (κ3) is 3.14. The normalized spacial score (nSPS) is 17.8. The summed E-state index contributed by atoms with van der Waals surface area (Å²) in [5, 5.41) is 20.2. The molecule has 1 aliphatic rings. The van der Waals surface area contributed by atoms with Gasteiger partial charge in [0.1, 0.15) is 0 Å². The number of piperidine rings is 1. The first kappa shape index (κ1) is 15.7. The van der Waals surface area contributed by atoms with Gasteiger partial charge in [0.15, 0.2) is 5.75 Å². The molecule has 1 N–H and O–H groups in total. The molecule has 0 bridgehead atoms. The summed E-state index contributed by atoms with van der Waals surface area (Å²) in [5.41, 5.74) is -0.622. The Bertz CT molecular complexity index is 637. The topological polar surface area (TPSA) is 110 Å². The van der Waals surface area contributed by atoms with Crippen LogP contribution in [0.4, 0.5) is 5.69 Å². The number of nitro groups is 1. The van der Waals surface area contributed by atoms with Crippen LogP contribution in [0.15, 0.2) is 23.1 Å². The van der Waals surface area contributed by atoms with Gasteiger partial charge in [0.25, 0.3) is 0 Å². The van der Waals surface area contributed by atoms with E-state index in [9.17, 15) is 23.6 Å². The minimum atomic E-state index is -3.80. The van der Waals surface area contributed by atoms with Crippen molar-refractivity contribution in [3.05, 3.63) is 28.3 Å². The van der Waals surface area contributed by atoms with E-state index in [1.54, 1.807) is 7.11 Å². The molecule has 9 heteroatoms. The van der Waals surface area contributed by atoms with Gasteiger partial charge in [-0.3, -0.25) is 10.1 Å². The lowest BCUT2D eigenvalue weighted by Crippen LogP contribution is -2.40. The van der Waals surface area contributed by atoms with Gasteiger partial charge in [0, 0.05) is 26.3 Å². The Morgan fingerprint density at radius 3 is 2.52 bits per heavy atom. The number of aromatic hydroxyl groups is 1. The molecule has 1 aliphatic heterocycles. The van der Waals surface area contributed by atoms with Gasteiger partial charge in [-0.25, -0.2) is 8.42 Å². The zero-order valence-electron chi connectivity index (χ0n) is 11.4. The molecule has 1 aromatic carbocycles. The van der Waals surface area contributed by atoms with Crippen LogP contribution in [0, 0.1) is 10.1 Å². The van der Waals surface area contributed by atoms with Crippen LogP contribution in [0.2, 0.25) is 0 Å². The number of rotatable bonds is 4. The van der Waals surface area contributed by atoms with E-state index in [0.29, 0.717) is 25.9 Å². The number of hydrogen-bond acceptors (Lipinski definition) is 6.